The molecule has 0 bridgehead atoms. The molecule has 2 amide bonds. The predicted molar refractivity (Wildman–Crippen MR) is 152 cm³/mol. The highest BCUT2D eigenvalue weighted by atomic mass is 16.7. The molecule has 11 atom stereocenters. The normalized spacial score (nSPS) is 33.1. The van der Waals surface area contributed by atoms with Crippen LogP contribution in [0.3, 0.4) is 0 Å². The van der Waals surface area contributed by atoms with Crippen molar-refractivity contribution in [2.75, 3.05) is 33.0 Å². The standard InChI is InChI=1S/C28H52N2O14/c1-16(30-20(34)10-4-7-13-42-28-26(40)24(38)22(36)18(15-32)44-28)8-2-5-11-29-19(33)9-3-6-12-41-27-25(39)23(37)21(35)17(14-31)43-27/h16-18,21-28,31-32,35-40H,2-15H2,1H3,(H,29,33)(H,30,34)/t16-,17?,18?,21?,22?,23?,24?,25?,26?,27?,28?/m0/s1. The Hall–Kier alpha value is -1.54. The monoisotopic (exact) mass is 640 g/mol. The molecule has 2 fully saturated rings. The van der Waals surface area contributed by atoms with Crippen molar-refractivity contribution in [3.05, 3.63) is 0 Å². The summed E-state index contributed by atoms with van der Waals surface area (Å²) in [6.45, 7) is 1.68. The number of carbonyl (C=O) groups is 2. The molecule has 258 valence electrons. The van der Waals surface area contributed by atoms with E-state index in [0.717, 1.165) is 19.3 Å². The highest BCUT2D eigenvalue weighted by Crippen LogP contribution is 2.23. The Morgan fingerprint density at radius 2 is 1.14 bits per heavy atom. The SMILES string of the molecule is C[C@@H](CCCCNC(=O)CCCCOC1OC(CO)C(O)C(O)C1O)NC(=O)CCCCOC1OC(CO)C(O)C(O)C1O. The van der Waals surface area contributed by atoms with Crippen molar-refractivity contribution in [3.8, 4) is 0 Å². The number of carbonyl (C=O) groups excluding carboxylic acids is 2. The number of amides is 2. The summed E-state index contributed by atoms with van der Waals surface area (Å²) in [5.41, 5.74) is 0. The van der Waals surface area contributed by atoms with Crippen LogP contribution in [-0.2, 0) is 28.5 Å². The number of ether oxygens (including phenoxy) is 4. The van der Waals surface area contributed by atoms with E-state index >= 15 is 0 Å². The molecule has 2 aliphatic heterocycles. The number of unbranched alkanes of at least 4 members (excludes halogenated alkanes) is 3. The maximum absolute atomic E-state index is 12.2. The molecule has 2 saturated heterocycles. The van der Waals surface area contributed by atoms with Gasteiger partial charge in [-0.15, -0.1) is 0 Å². The van der Waals surface area contributed by atoms with E-state index in [1.807, 2.05) is 6.92 Å². The van der Waals surface area contributed by atoms with Crippen LogP contribution < -0.4 is 10.6 Å². The summed E-state index contributed by atoms with van der Waals surface area (Å²) in [7, 11) is 0. The highest BCUT2D eigenvalue weighted by Gasteiger charge is 2.45. The molecule has 0 radical (unpaired) electrons. The summed E-state index contributed by atoms with van der Waals surface area (Å²) in [5.74, 6) is -0.205. The van der Waals surface area contributed by atoms with Gasteiger partial charge in [-0.25, -0.2) is 0 Å². The quantitative estimate of drug-likeness (QED) is 0.0587. The van der Waals surface area contributed by atoms with Crippen LogP contribution in [0, 0.1) is 0 Å². The molecule has 2 aliphatic rings. The first-order chi connectivity index (χ1) is 21.0. The zero-order chi connectivity index (χ0) is 32.6. The first-order valence-electron chi connectivity index (χ1n) is 15.4. The van der Waals surface area contributed by atoms with Gasteiger partial charge < -0.3 is 70.4 Å². The Labute approximate surface area is 257 Å². The molecule has 0 saturated carbocycles. The summed E-state index contributed by atoms with van der Waals surface area (Å²) in [5, 5.41) is 83.2. The second kappa shape index (κ2) is 20.6. The molecule has 10 unspecified atom stereocenters. The van der Waals surface area contributed by atoms with E-state index < -0.39 is 74.6 Å². The van der Waals surface area contributed by atoms with Gasteiger partial charge in [-0.3, -0.25) is 9.59 Å². The maximum atomic E-state index is 12.2. The third-order valence-electron chi connectivity index (χ3n) is 7.65. The third-order valence-corrected chi connectivity index (χ3v) is 7.65. The van der Waals surface area contributed by atoms with Gasteiger partial charge in [0.05, 0.1) is 13.2 Å². The van der Waals surface area contributed by atoms with E-state index in [0.29, 0.717) is 32.2 Å². The summed E-state index contributed by atoms with van der Waals surface area (Å²) >= 11 is 0. The molecule has 2 heterocycles. The molecule has 0 aromatic rings. The molecule has 0 aromatic heterocycles. The molecule has 0 aromatic carbocycles. The Morgan fingerprint density at radius 3 is 1.61 bits per heavy atom. The second-order valence-electron chi connectivity index (χ2n) is 11.4. The minimum Gasteiger partial charge on any atom is -0.394 e. The minimum absolute atomic E-state index is 0.0349. The van der Waals surface area contributed by atoms with Gasteiger partial charge in [0.2, 0.25) is 11.8 Å². The van der Waals surface area contributed by atoms with Gasteiger partial charge in [0, 0.05) is 38.6 Å². The zero-order valence-corrected chi connectivity index (χ0v) is 25.3. The van der Waals surface area contributed by atoms with Gasteiger partial charge in [-0.1, -0.05) is 0 Å². The van der Waals surface area contributed by atoms with Crippen molar-refractivity contribution in [1.29, 1.82) is 0 Å². The predicted octanol–water partition coefficient (Wildman–Crippen LogP) is -3.25. The van der Waals surface area contributed by atoms with Crippen molar-refractivity contribution in [2.24, 2.45) is 0 Å². The zero-order valence-electron chi connectivity index (χ0n) is 25.3. The van der Waals surface area contributed by atoms with E-state index in [1.54, 1.807) is 0 Å². The number of aliphatic hydroxyl groups is 8. The van der Waals surface area contributed by atoms with E-state index in [4.69, 9.17) is 18.9 Å². The molecular formula is C28H52N2O14. The fraction of sp³-hybridized carbons (Fsp3) is 0.929. The van der Waals surface area contributed by atoms with Gasteiger partial charge in [0.15, 0.2) is 12.6 Å². The van der Waals surface area contributed by atoms with E-state index in [2.05, 4.69) is 10.6 Å². The average Bonchev–Trinajstić information content (AvgIpc) is 3.00. The highest BCUT2D eigenvalue weighted by molar-refractivity contribution is 5.76. The van der Waals surface area contributed by atoms with Crippen LogP contribution in [0.4, 0.5) is 0 Å². The number of hydrogen-bond acceptors (Lipinski definition) is 14. The van der Waals surface area contributed by atoms with Gasteiger partial charge in [0.25, 0.3) is 0 Å². The molecule has 44 heavy (non-hydrogen) atoms. The Kier molecular flexibility index (Phi) is 18.1. The van der Waals surface area contributed by atoms with Crippen LogP contribution >= 0.6 is 0 Å². The number of rotatable bonds is 20. The number of hydrogen-bond donors (Lipinski definition) is 10. The molecular weight excluding hydrogens is 588 g/mol. The lowest BCUT2D eigenvalue weighted by Gasteiger charge is -2.39. The van der Waals surface area contributed by atoms with Gasteiger partial charge in [-0.05, 0) is 51.9 Å². The van der Waals surface area contributed by atoms with E-state index in [-0.39, 0.29) is 43.9 Å². The lowest BCUT2D eigenvalue weighted by molar-refractivity contribution is -0.301. The van der Waals surface area contributed by atoms with Gasteiger partial charge in [0.1, 0.15) is 48.8 Å². The van der Waals surface area contributed by atoms with E-state index in [9.17, 15) is 50.4 Å². The lowest BCUT2D eigenvalue weighted by atomic mass is 9.99. The van der Waals surface area contributed by atoms with Crippen molar-refractivity contribution in [1.82, 2.24) is 10.6 Å². The first-order valence-corrected chi connectivity index (χ1v) is 15.4. The van der Waals surface area contributed by atoms with Crippen LogP contribution in [0.2, 0.25) is 0 Å². The van der Waals surface area contributed by atoms with Crippen LogP contribution in [0.15, 0.2) is 0 Å². The fourth-order valence-electron chi connectivity index (χ4n) is 4.90. The second-order valence-corrected chi connectivity index (χ2v) is 11.4. The Bertz CT molecular complexity index is 821. The number of nitrogens with one attached hydrogen (secondary N) is 2. The van der Waals surface area contributed by atoms with E-state index in [1.165, 1.54) is 0 Å². The van der Waals surface area contributed by atoms with Gasteiger partial charge >= 0.3 is 0 Å². The topological polar surface area (TPSA) is 257 Å². The van der Waals surface area contributed by atoms with Crippen molar-refractivity contribution < 1.29 is 69.4 Å². The Morgan fingerprint density at radius 1 is 0.659 bits per heavy atom. The van der Waals surface area contributed by atoms with Crippen LogP contribution in [0.5, 0.6) is 0 Å². The van der Waals surface area contributed by atoms with Crippen LogP contribution in [0.25, 0.3) is 0 Å². The van der Waals surface area contributed by atoms with Crippen molar-refractivity contribution >= 4 is 11.8 Å². The first kappa shape index (κ1) is 38.6. The van der Waals surface area contributed by atoms with Gasteiger partial charge in [-0.2, -0.15) is 0 Å². The van der Waals surface area contributed by atoms with Crippen molar-refractivity contribution in [3.63, 3.8) is 0 Å². The fourth-order valence-corrected chi connectivity index (χ4v) is 4.90. The smallest absolute Gasteiger partial charge is 0.220 e. The lowest BCUT2D eigenvalue weighted by Crippen LogP contribution is -2.59. The number of aliphatic hydroxyl groups excluding tert-OH is 8. The maximum Gasteiger partial charge on any atom is 0.220 e. The minimum atomic E-state index is -1.50. The molecule has 10 N–H and O–H groups in total. The molecule has 0 aliphatic carbocycles. The van der Waals surface area contributed by atoms with Crippen LogP contribution in [0.1, 0.15) is 64.7 Å². The largest absolute Gasteiger partial charge is 0.394 e. The summed E-state index contributed by atoms with van der Waals surface area (Å²) < 4.78 is 21.4. The summed E-state index contributed by atoms with van der Waals surface area (Å²) in [4.78, 5) is 24.2. The Balaban J connectivity index is 1.44. The van der Waals surface area contributed by atoms with Crippen molar-refractivity contribution in [2.45, 2.75) is 132 Å². The molecule has 16 nitrogen and oxygen atoms in total. The molecule has 0 spiro atoms. The molecule has 16 heteroatoms. The summed E-state index contributed by atoms with van der Waals surface area (Å²) in [6, 6.07) is -0.0349. The summed E-state index contributed by atoms with van der Waals surface area (Å²) in [6.07, 6.45) is -8.26. The van der Waals surface area contributed by atoms with Crippen LogP contribution in [-0.4, -0.2) is 153 Å². The average molecular weight is 641 g/mol. The third kappa shape index (κ3) is 12.7. The molecule has 2 rings (SSSR count).